The number of hydrogen-bond donors (Lipinski definition) is 1. The molecule has 0 bridgehead atoms. The van der Waals surface area contributed by atoms with E-state index in [0.717, 1.165) is 16.7 Å². The molecule has 1 aromatic heterocycles. The zero-order valence-corrected chi connectivity index (χ0v) is 13.8. The summed E-state index contributed by atoms with van der Waals surface area (Å²) in [6.07, 6.45) is 1.95. The van der Waals surface area contributed by atoms with Gasteiger partial charge in [-0.1, -0.05) is 91.0 Å². The fourth-order valence-electron chi connectivity index (χ4n) is 3.46. The molecule has 4 rings (SSSR count). The molecule has 0 saturated heterocycles. The Kier molecular flexibility index (Phi) is 3.82. The van der Waals surface area contributed by atoms with Crippen LogP contribution in [0.15, 0.2) is 103 Å². The molecule has 0 fully saturated rings. The van der Waals surface area contributed by atoms with Gasteiger partial charge >= 0.3 is 0 Å². The highest BCUT2D eigenvalue weighted by Gasteiger charge is 2.39. The molecule has 3 nitrogen and oxygen atoms in total. The van der Waals surface area contributed by atoms with Crippen molar-refractivity contribution >= 4 is 5.82 Å². The lowest BCUT2D eigenvalue weighted by Gasteiger charge is -2.36. The summed E-state index contributed by atoms with van der Waals surface area (Å²) >= 11 is 0. The first kappa shape index (κ1) is 15.2. The predicted molar refractivity (Wildman–Crippen MR) is 101 cm³/mol. The Labute approximate surface area is 147 Å². The van der Waals surface area contributed by atoms with Crippen molar-refractivity contribution in [2.75, 3.05) is 5.73 Å². The van der Waals surface area contributed by atoms with Crippen molar-refractivity contribution in [2.24, 2.45) is 0 Å². The van der Waals surface area contributed by atoms with Crippen LogP contribution in [0.3, 0.4) is 0 Å². The van der Waals surface area contributed by atoms with Gasteiger partial charge in [-0.3, -0.25) is 4.68 Å². The molecule has 0 aliphatic heterocycles. The smallest absolute Gasteiger partial charge is 0.145 e. The topological polar surface area (TPSA) is 43.8 Å². The molecular weight excluding hydrogens is 306 g/mol. The van der Waals surface area contributed by atoms with E-state index in [1.165, 1.54) is 0 Å². The van der Waals surface area contributed by atoms with Crippen LogP contribution in [0.2, 0.25) is 0 Å². The van der Waals surface area contributed by atoms with E-state index in [1.807, 2.05) is 35.1 Å². The molecule has 0 aliphatic carbocycles. The Bertz CT molecular complexity index is 848. The standard InChI is InChI=1S/C22H19N3/c23-21-16-17-25(24-21)22(18-10-4-1-5-11-18,19-12-6-2-7-13-19)20-14-8-3-9-15-20/h1-17H,(H2,23,24). The first-order chi connectivity index (χ1) is 12.3. The fraction of sp³-hybridized carbons (Fsp3) is 0.0455. The summed E-state index contributed by atoms with van der Waals surface area (Å²) in [5.41, 5.74) is 8.80. The number of nitrogen functional groups attached to an aromatic ring is 1. The third-order valence-electron chi connectivity index (χ3n) is 4.53. The number of nitrogens with zero attached hydrogens (tertiary/aromatic N) is 2. The van der Waals surface area contributed by atoms with E-state index < -0.39 is 5.54 Å². The molecule has 3 heteroatoms. The zero-order chi connectivity index (χ0) is 17.1. The van der Waals surface area contributed by atoms with Gasteiger partial charge in [-0.25, -0.2) is 0 Å². The van der Waals surface area contributed by atoms with Crippen LogP contribution in [0.25, 0.3) is 0 Å². The second-order valence-electron chi connectivity index (χ2n) is 5.99. The van der Waals surface area contributed by atoms with Crippen LogP contribution in [-0.2, 0) is 5.54 Å². The monoisotopic (exact) mass is 325 g/mol. The van der Waals surface area contributed by atoms with Gasteiger partial charge in [-0.05, 0) is 22.8 Å². The molecule has 1 heterocycles. The van der Waals surface area contributed by atoms with Gasteiger partial charge in [0.05, 0.1) is 0 Å². The van der Waals surface area contributed by atoms with Crippen LogP contribution in [0.4, 0.5) is 5.82 Å². The van der Waals surface area contributed by atoms with Gasteiger partial charge < -0.3 is 5.73 Å². The van der Waals surface area contributed by atoms with Crippen LogP contribution < -0.4 is 5.73 Å². The minimum atomic E-state index is -0.582. The number of benzene rings is 3. The molecule has 0 radical (unpaired) electrons. The summed E-state index contributed by atoms with van der Waals surface area (Å²) in [7, 11) is 0. The van der Waals surface area contributed by atoms with E-state index >= 15 is 0 Å². The number of hydrogen-bond acceptors (Lipinski definition) is 2. The maximum Gasteiger partial charge on any atom is 0.145 e. The van der Waals surface area contributed by atoms with Crippen LogP contribution in [0.1, 0.15) is 16.7 Å². The molecule has 4 aromatic rings. The Morgan fingerprint density at radius 2 is 1.00 bits per heavy atom. The number of rotatable bonds is 4. The fourth-order valence-corrected chi connectivity index (χ4v) is 3.46. The Morgan fingerprint density at radius 3 is 1.32 bits per heavy atom. The van der Waals surface area contributed by atoms with E-state index in [-0.39, 0.29) is 0 Å². The van der Waals surface area contributed by atoms with E-state index in [9.17, 15) is 0 Å². The van der Waals surface area contributed by atoms with Crippen molar-refractivity contribution in [3.05, 3.63) is 120 Å². The molecule has 25 heavy (non-hydrogen) atoms. The average molecular weight is 325 g/mol. The van der Waals surface area contributed by atoms with Crippen molar-refractivity contribution < 1.29 is 0 Å². The van der Waals surface area contributed by atoms with Crippen LogP contribution in [0.5, 0.6) is 0 Å². The molecule has 0 atom stereocenters. The molecule has 0 saturated carbocycles. The Balaban J connectivity index is 2.12. The van der Waals surface area contributed by atoms with Crippen molar-refractivity contribution in [2.45, 2.75) is 5.54 Å². The van der Waals surface area contributed by atoms with Gasteiger partial charge in [0.25, 0.3) is 0 Å². The summed E-state index contributed by atoms with van der Waals surface area (Å²) in [5.74, 6) is 0.507. The zero-order valence-electron chi connectivity index (χ0n) is 13.8. The number of anilines is 1. The summed E-state index contributed by atoms with van der Waals surface area (Å²) in [4.78, 5) is 0. The van der Waals surface area contributed by atoms with E-state index in [4.69, 9.17) is 5.73 Å². The van der Waals surface area contributed by atoms with Gasteiger partial charge in [0.1, 0.15) is 11.4 Å². The SMILES string of the molecule is Nc1ccn(C(c2ccccc2)(c2ccccc2)c2ccccc2)n1. The minimum absolute atomic E-state index is 0.507. The van der Waals surface area contributed by atoms with Gasteiger partial charge in [0.15, 0.2) is 0 Å². The van der Waals surface area contributed by atoms with E-state index in [2.05, 4.69) is 77.9 Å². The Hall–Kier alpha value is -3.33. The minimum Gasteiger partial charge on any atom is -0.382 e. The first-order valence-corrected chi connectivity index (χ1v) is 8.30. The van der Waals surface area contributed by atoms with E-state index in [1.54, 1.807) is 0 Å². The third kappa shape index (κ3) is 2.50. The second-order valence-corrected chi connectivity index (χ2v) is 5.99. The predicted octanol–water partition coefficient (Wildman–Crippen LogP) is 4.31. The quantitative estimate of drug-likeness (QED) is 0.568. The molecule has 0 unspecified atom stereocenters. The maximum absolute atomic E-state index is 5.98. The van der Waals surface area contributed by atoms with Gasteiger partial charge in [0.2, 0.25) is 0 Å². The lowest BCUT2D eigenvalue weighted by Crippen LogP contribution is -2.38. The highest BCUT2D eigenvalue weighted by Crippen LogP contribution is 2.40. The largest absolute Gasteiger partial charge is 0.382 e. The molecule has 0 amide bonds. The molecule has 2 N–H and O–H groups in total. The molecule has 122 valence electrons. The summed E-state index contributed by atoms with van der Waals surface area (Å²) in [6.45, 7) is 0. The third-order valence-corrected chi connectivity index (χ3v) is 4.53. The average Bonchev–Trinajstić information content (AvgIpc) is 3.12. The van der Waals surface area contributed by atoms with Crippen molar-refractivity contribution in [1.29, 1.82) is 0 Å². The normalized spacial score (nSPS) is 11.4. The molecule has 0 aliphatic rings. The van der Waals surface area contributed by atoms with Crippen molar-refractivity contribution in [1.82, 2.24) is 9.78 Å². The summed E-state index contributed by atoms with van der Waals surface area (Å²) < 4.78 is 1.96. The summed E-state index contributed by atoms with van der Waals surface area (Å²) in [5, 5.41) is 4.61. The molecule has 0 spiro atoms. The van der Waals surface area contributed by atoms with Crippen LogP contribution in [0, 0.1) is 0 Å². The molecule has 3 aromatic carbocycles. The van der Waals surface area contributed by atoms with Crippen LogP contribution >= 0.6 is 0 Å². The van der Waals surface area contributed by atoms with Gasteiger partial charge in [0, 0.05) is 6.20 Å². The van der Waals surface area contributed by atoms with E-state index in [0.29, 0.717) is 5.82 Å². The van der Waals surface area contributed by atoms with Crippen LogP contribution in [-0.4, -0.2) is 9.78 Å². The number of nitrogens with two attached hydrogens (primary N) is 1. The Morgan fingerprint density at radius 1 is 0.600 bits per heavy atom. The summed E-state index contributed by atoms with van der Waals surface area (Å²) in [6, 6.07) is 33.1. The van der Waals surface area contributed by atoms with Crippen molar-refractivity contribution in [3.63, 3.8) is 0 Å². The van der Waals surface area contributed by atoms with Gasteiger partial charge in [-0.2, -0.15) is 5.10 Å². The van der Waals surface area contributed by atoms with Gasteiger partial charge in [-0.15, -0.1) is 0 Å². The number of aromatic nitrogens is 2. The van der Waals surface area contributed by atoms with Crippen molar-refractivity contribution in [3.8, 4) is 0 Å². The lowest BCUT2D eigenvalue weighted by molar-refractivity contribution is 0.461. The second kappa shape index (κ2) is 6.29. The first-order valence-electron chi connectivity index (χ1n) is 8.30. The highest BCUT2D eigenvalue weighted by molar-refractivity contribution is 5.50. The highest BCUT2D eigenvalue weighted by atomic mass is 15.3. The molecular formula is C22H19N3. The maximum atomic E-state index is 5.98. The lowest BCUT2D eigenvalue weighted by atomic mass is 9.77.